The van der Waals surface area contributed by atoms with E-state index in [2.05, 4.69) is 56.4 Å². The summed E-state index contributed by atoms with van der Waals surface area (Å²) in [6.45, 7) is 7.52. The lowest BCUT2D eigenvalue weighted by Crippen LogP contribution is -2.39. The van der Waals surface area contributed by atoms with Crippen molar-refractivity contribution in [2.24, 2.45) is 0 Å². The third-order valence-electron chi connectivity index (χ3n) is 8.21. The Kier molecular flexibility index (Phi) is 5.52. The number of benzene rings is 2. The molecule has 1 heteroatoms. The van der Waals surface area contributed by atoms with Gasteiger partial charge in [0.1, 0.15) is 8.07 Å². The minimum absolute atomic E-state index is 0.801. The molecule has 2 bridgehead atoms. The van der Waals surface area contributed by atoms with Crippen molar-refractivity contribution in [2.45, 2.75) is 96.6 Å². The second-order valence-electron chi connectivity index (χ2n) is 10.6. The fourth-order valence-electron chi connectivity index (χ4n) is 6.62. The van der Waals surface area contributed by atoms with Crippen LogP contribution in [0.4, 0.5) is 0 Å². The van der Waals surface area contributed by atoms with E-state index in [9.17, 15) is 0 Å². The van der Waals surface area contributed by atoms with Gasteiger partial charge in [0.05, 0.1) is 0 Å². The molecule has 2 aromatic carbocycles. The summed E-state index contributed by atoms with van der Waals surface area (Å²) in [7, 11) is -1.57. The fraction of sp³-hybridized carbons (Fsp3) is 0.517. The molecule has 0 N–H and O–H groups in total. The molecule has 0 aromatic heterocycles. The second-order valence-corrected chi connectivity index (χ2v) is 14.9. The van der Waals surface area contributed by atoms with E-state index in [1.54, 1.807) is 33.0 Å². The SMILES string of the molecule is CCCCCCC1=C2c3c(ccc(c3-c3ccc(C4CCCCC4)cc3)[Si]2(C)C)C1. The van der Waals surface area contributed by atoms with Crippen LogP contribution < -0.4 is 5.19 Å². The monoisotopic (exact) mass is 414 g/mol. The molecule has 0 unspecified atom stereocenters. The smallest absolute Gasteiger partial charge is 0.0655 e. The number of fused-ring (bicyclic) bond motifs is 1. The van der Waals surface area contributed by atoms with Crippen molar-refractivity contribution < 1.29 is 0 Å². The van der Waals surface area contributed by atoms with Gasteiger partial charge in [0, 0.05) is 0 Å². The maximum absolute atomic E-state index is 2.60. The van der Waals surface area contributed by atoms with E-state index in [4.69, 9.17) is 0 Å². The zero-order chi connectivity index (χ0) is 20.7. The summed E-state index contributed by atoms with van der Waals surface area (Å²) in [5.41, 5.74) is 9.74. The van der Waals surface area contributed by atoms with Crippen LogP contribution in [0.3, 0.4) is 0 Å². The predicted molar refractivity (Wildman–Crippen MR) is 134 cm³/mol. The number of allylic oxidation sites excluding steroid dienone is 1. The van der Waals surface area contributed by atoms with Gasteiger partial charge in [-0.15, -0.1) is 0 Å². The van der Waals surface area contributed by atoms with E-state index in [0.717, 1.165) is 5.92 Å². The van der Waals surface area contributed by atoms with Crippen molar-refractivity contribution in [1.29, 1.82) is 0 Å². The van der Waals surface area contributed by atoms with Crippen LogP contribution in [0.15, 0.2) is 42.0 Å². The maximum atomic E-state index is 2.60. The molecular formula is C29H38Si. The van der Waals surface area contributed by atoms with E-state index in [1.807, 2.05) is 5.20 Å². The van der Waals surface area contributed by atoms with Gasteiger partial charge in [-0.05, 0) is 76.2 Å². The van der Waals surface area contributed by atoms with Gasteiger partial charge >= 0.3 is 0 Å². The van der Waals surface area contributed by atoms with Crippen LogP contribution in [0.5, 0.6) is 0 Å². The van der Waals surface area contributed by atoms with Crippen LogP contribution in [0.2, 0.25) is 13.1 Å². The van der Waals surface area contributed by atoms with Crippen LogP contribution in [0, 0.1) is 0 Å². The molecule has 0 amide bonds. The van der Waals surface area contributed by atoms with Crippen molar-refractivity contribution >= 4 is 18.5 Å². The molecule has 0 atom stereocenters. The Morgan fingerprint density at radius 3 is 2.33 bits per heavy atom. The molecular weight excluding hydrogens is 376 g/mol. The first kappa shape index (κ1) is 20.3. The lowest BCUT2D eigenvalue weighted by atomic mass is 9.83. The predicted octanol–water partition coefficient (Wildman–Crippen LogP) is 8.15. The van der Waals surface area contributed by atoms with E-state index in [1.165, 1.54) is 76.2 Å². The van der Waals surface area contributed by atoms with E-state index >= 15 is 0 Å². The molecule has 3 aliphatic rings. The Balaban J connectivity index is 1.48. The Morgan fingerprint density at radius 2 is 1.60 bits per heavy atom. The number of rotatable bonds is 7. The third-order valence-corrected chi connectivity index (χ3v) is 11.8. The van der Waals surface area contributed by atoms with Gasteiger partial charge < -0.3 is 0 Å². The van der Waals surface area contributed by atoms with Gasteiger partial charge in [0.15, 0.2) is 0 Å². The zero-order valence-corrected chi connectivity index (χ0v) is 20.3. The van der Waals surface area contributed by atoms with Crippen LogP contribution in [-0.2, 0) is 6.42 Å². The highest BCUT2D eigenvalue weighted by molar-refractivity contribution is 7.07. The molecule has 2 aliphatic carbocycles. The summed E-state index contributed by atoms with van der Waals surface area (Å²) < 4.78 is 0. The van der Waals surface area contributed by atoms with Crippen molar-refractivity contribution in [3.05, 3.63) is 58.7 Å². The Hall–Kier alpha value is -1.60. The zero-order valence-electron chi connectivity index (χ0n) is 19.3. The molecule has 1 heterocycles. The highest BCUT2D eigenvalue weighted by Crippen LogP contribution is 2.50. The van der Waals surface area contributed by atoms with E-state index in [0.29, 0.717) is 0 Å². The third kappa shape index (κ3) is 3.34. The van der Waals surface area contributed by atoms with Crippen LogP contribution in [-0.4, -0.2) is 8.07 Å². The van der Waals surface area contributed by atoms with Crippen molar-refractivity contribution in [1.82, 2.24) is 0 Å². The largest absolute Gasteiger partial charge is 0.113 e. The maximum Gasteiger partial charge on any atom is 0.113 e. The summed E-state index contributed by atoms with van der Waals surface area (Å²) >= 11 is 0. The molecule has 30 heavy (non-hydrogen) atoms. The average Bonchev–Trinajstić information content (AvgIpc) is 3.23. The summed E-state index contributed by atoms with van der Waals surface area (Å²) in [6, 6.07) is 14.8. The minimum Gasteiger partial charge on any atom is -0.0655 e. The quantitative estimate of drug-likeness (QED) is 0.317. The van der Waals surface area contributed by atoms with Crippen LogP contribution in [0.1, 0.15) is 93.7 Å². The van der Waals surface area contributed by atoms with Gasteiger partial charge in [0.2, 0.25) is 0 Å². The first-order chi connectivity index (χ1) is 14.6. The molecule has 0 nitrogen and oxygen atoms in total. The number of unbranched alkanes of at least 4 members (excludes halogenated alkanes) is 3. The summed E-state index contributed by atoms with van der Waals surface area (Å²) in [6.07, 6.45) is 15.1. The molecule has 1 saturated carbocycles. The molecule has 0 radical (unpaired) electrons. The highest BCUT2D eigenvalue weighted by Gasteiger charge is 2.45. The van der Waals surface area contributed by atoms with Gasteiger partial charge in [-0.2, -0.15) is 0 Å². The van der Waals surface area contributed by atoms with Crippen molar-refractivity contribution in [3.63, 3.8) is 0 Å². The normalized spacial score (nSPS) is 19.7. The van der Waals surface area contributed by atoms with Crippen molar-refractivity contribution in [2.75, 3.05) is 0 Å². The van der Waals surface area contributed by atoms with E-state index < -0.39 is 8.07 Å². The molecule has 0 spiro atoms. The molecule has 1 fully saturated rings. The minimum atomic E-state index is -1.57. The summed E-state index contributed by atoms with van der Waals surface area (Å²) in [5.74, 6) is 0.801. The van der Waals surface area contributed by atoms with Gasteiger partial charge in [-0.25, -0.2) is 0 Å². The first-order valence-electron chi connectivity index (χ1n) is 12.6. The Morgan fingerprint density at radius 1 is 0.833 bits per heavy atom. The van der Waals surface area contributed by atoms with Gasteiger partial charge in [-0.1, -0.05) is 101 Å². The van der Waals surface area contributed by atoms with Gasteiger partial charge in [0.25, 0.3) is 0 Å². The fourth-order valence-corrected chi connectivity index (χ4v) is 10.3. The Labute approximate surface area is 184 Å². The first-order valence-corrected chi connectivity index (χ1v) is 15.6. The van der Waals surface area contributed by atoms with Gasteiger partial charge in [-0.3, -0.25) is 0 Å². The van der Waals surface area contributed by atoms with Crippen LogP contribution in [0.25, 0.3) is 16.3 Å². The van der Waals surface area contributed by atoms with E-state index in [-0.39, 0.29) is 0 Å². The molecule has 158 valence electrons. The molecule has 1 aliphatic heterocycles. The number of hydrogen-bond acceptors (Lipinski definition) is 0. The lowest BCUT2D eigenvalue weighted by molar-refractivity contribution is 0.443. The lowest BCUT2D eigenvalue weighted by Gasteiger charge is -2.23. The number of hydrogen-bond donors (Lipinski definition) is 0. The molecule has 5 rings (SSSR count). The summed E-state index contributed by atoms with van der Waals surface area (Å²) in [4.78, 5) is 0. The summed E-state index contributed by atoms with van der Waals surface area (Å²) in [5, 5.41) is 3.51. The topological polar surface area (TPSA) is 0 Å². The average molecular weight is 415 g/mol. The Bertz CT molecular complexity index is 955. The van der Waals surface area contributed by atoms with Crippen molar-refractivity contribution in [3.8, 4) is 11.1 Å². The molecule has 2 aromatic rings. The highest BCUT2D eigenvalue weighted by atomic mass is 28.3. The molecule has 0 saturated heterocycles. The second kappa shape index (κ2) is 8.15. The van der Waals surface area contributed by atoms with Crippen LogP contribution >= 0.6 is 0 Å². The standard InChI is InChI=1S/C29H38Si/c1-4-5-6-8-13-25-20-24-18-19-26-27(28(24)29(25)30(26,2)3)23-16-14-22(15-17-23)21-11-9-7-10-12-21/h14-19,21H,4-13,20H2,1-3H3.